The number of rotatable bonds is 4. The van der Waals surface area contributed by atoms with E-state index in [4.69, 9.17) is 5.11 Å². The molecule has 0 spiro atoms. The van der Waals surface area contributed by atoms with E-state index >= 15 is 0 Å². The summed E-state index contributed by atoms with van der Waals surface area (Å²) in [5.41, 5.74) is -0.906. The lowest BCUT2D eigenvalue weighted by Gasteiger charge is -2.18. The Bertz CT molecular complexity index is 573. The van der Waals surface area contributed by atoms with Gasteiger partial charge in [0.1, 0.15) is 0 Å². The van der Waals surface area contributed by atoms with E-state index < -0.39 is 11.4 Å². The third-order valence-electron chi connectivity index (χ3n) is 2.62. The minimum Gasteiger partial charge on any atom is -0.481 e. The molecular weight excluding hydrogens is 252 g/mol. The quantitative estimate of drug-likeness (QED) is 0.913. The highest BCUT2D eigenvalue weighted by molar-refractivity contribution is 7.15. The van der Waals surface area contributed by atoms with Gasteiger partial charge in [0.25, 0.3) is 0 Å². The molecule has 0 atom stereocenters. The molecule has 0 saturated heterocycles. The van der Waals surface area contributed by atoms with Crippen LogP contribution in [0.5, 0.6) is 0 Å². The minimum atomic E-state index is -0.906. The topological polar surface area (TPSA) is 80.9 Å². The number of carbonyl (C=O) groups is 1. The summed E-state index contributed by atoms with van der Waals surface area (Å²) in [5, 5.41) is 20.6. The Morgan fingerprint density at radius 1 is 1.50 bits per heavy atom. The molecule has 0 amide bonds. The van der Waals surface area contributed by atoms with Gasteiger partial charge in [0.2, 0.25) is 0 Å². The Labute approximate surface area is 108 Å². The molecule has 0 aliphatic carbocycles. The summed E-state index contributed by atoms with van der Waals surface area (Å²) in [4.78, 5) is 13.2. The van der Waals surface area contributed by atoms with Crippen molar-refractivity contribution in [3.8, 4) is 10.7 Å². The zero-order valence-corrected chi connectivity index (χ0v) is 11.2. The van der Waals surface area contributed by atoms with E-state index in [2.05, 4.69) is 15.5 Å². The Kier molecular flexibility index (Phi) is 3.16. The van der Waals surface area contributed by atoms with E-state index in [9.17, 15) is 4.79 Å². The van der Waals surface area contributed by atoms with Gasteiger partial charge in [-0.1, -0.05) is 0 Å². The lowest BCUT2D eigenvalue weighted by atomic mass is 9.94. The van der Waals surface area contributed by atoms with Gasteiger partial charge in [-0.05, 0) is 43.3 Å². The number of thiophene rings is 1. The molecule has 0 saturated carbocycles. The van der Waals surface area contributed by atoms with Crippen molar-refractivity contribution in [1.29, 1.82) is 0 Å². The fourth-order valence-electron chi connectivity index (χ4n) is 1.48. The van der Waals surface area contributed by atoms with E-state index in [0.717, 1.165) is 9.75 Å². The number of carboxylic acid groups (broad SMARTS) is 1. The number of tetrazole rings is 1. The number of carboxylic acids is 1. The number of hydrogen-bond donors (Lipinski definition) is 1. The summed E-state index contributed by atoms with van der Waals surface area (Å²) in [6.45, 7) is 5.55. The van der Waals surface area contributed by atoms with Gasteiger partial charge in [-0.3, -0.25) is 4.79 Å². The van der Waals surface area contributed by atoms with Crippen LogP contribution in [0, 0.1) is 12.3 Å². The lowest BCUT2D eigenvalue weighted by Crippen LogP contribution is -2.30. The molecule has 0 unspecified atom stereocenters. The van der Waals surface area contributed by atoms with Gasteiger partial charge in [-0.2, -0.15) is 0 Å². The van der Waals surface area contributed by atoms with Gasteiger partial charge in [0.05, 0.1) is 16.8 Å². The summed E-state index contributed by atoms with van der Waals surface area (Å²) in [7, 11) is 0. The van der Waals surface area contributed by atoms with Gasteiger partial charge in [-0.15, -0.1) is 16.4 Å². The van der Waals surface area contributed by atoms with Crippen molar-refractivity contribution in [2.24, 2.45) is 5.41 Å². The lowest BCUT2D eigenvalue weighted by molar-refractivity contribution is -0.147. The molecule has 0 bridgehead atoms. The van der Waals surface area contributed by atoms with Gasteiger partial charge < -0.3 is 5.11 Å². The van der Waals surface area contributed by atoms with Crippen LogP contribution in [0.3, 0.4) is 0 Å². The van der Waals surface area contributed by atoms with Crippen LogP contribution < -0.4 is 0 Å². The highest BCUT2D eigenvalue weighted by Crippen LogP contribution is 2.27. The predicted octanol–water partition coefficient (Wildman–Crippen LogP) is 1.82. The average Bonchev–Trinajstić information content (AvgIpc) is 2.86. The smallest absolute Gasteiger partial charge is 0.310 e. The Balaban J connectivity index is 2.32. The van der Waals surface area contributed by atoms with Crippen molar-refractivity contribution in [2.45, 2.75) is 27.3 Å². The maximum atomic E-state index is 11.1. The highest BCUT2D eigenvalue weighted by Gasteiger charge is 2.29. The normalized spacial score (nSPS) is 11.7. The molecule has 18 heavy (non-hydrogen) atoms. The summed E-state index contributed by atoms with van der Waals surface area (Å²) < 4.78 is 1.54. The SMILES string of the molecule is Cc1ccc(-c2nnnn2CC(C)(C)C(=O)O)s1. The van der Waals surface area contributed by atoms with Gasteiger partial charge in [0.15, 0.2) is 5.82 Å². The molecule has 0 aromatic carbocycles. The third-order valence-corrected chi connectivity index (χ3v) is 3.61. The Hall–Kier alpha value is -1.76. The standard InChI is InChI=1S/C11H14N4O2S/c1-7-4-5-8(18-7)9-12-13-14-15(9)6-11(2,3)10(16)17/h4-5H,6H2,1-3H3,(H,16,17). The molecule has 2 rings (SSSR count). The molecule has 2 aromatic rings. The molecule has 7 heteroatoms. The highest BCUT2D eigenvalue weighted by atomic mass is 32.1. The maximum absolute atomic E-state index is 11.1. The number of hydrogen-bond acceptors (Lipinski definition) is 5. The molecule has 2 aromatic heterocycles. The second-order valence-electron chi connectivity index (χ2n) is 4.76. The molecule has 0 aliphatic rings. The van der Waals surface area contributed by atoms with Gasteiger partial charge >= 0.3 is 5.97 Å². The predicted molar refractivity (Wildman–Crippen MR) is 67.3 cm³/mol. The summed E-state index contributed by atoms with van der Waals surface area (Å²) in [6.07, 6.45) is 0. The Morgan fingerprint density at radius 3 is 2.78 bits per heavy atom. The fraction of sp³-hybridized carbons (Fsp3) is 0.455. The largest absolute Gasteiger partial charge is 0.481 e. The molecule has 96 valence electrons. The van der Waals surface area contributed by atoms with E-state index in [1.54, 1.807) is 29.9 Å². The zero-order valence-electron chi connectivity index (χ0n) is 10.4. The van der Waals surface area contributed by atoms with Crippen LogP contribution in [0.15, 0.2) is 12.1 Å². The van der Waals surface area contributed by atoms with Crippen LogP contribution in [-0.4, -0.2) is 31.3 Å². The van der Waals surface area contributed by atoms with E-state index in [1.807, 2.05) is 19.1 Å². The van der Waals surface area contributed by atoms with Crippen molar-refractivity contribution >= 4 is 17.3 Å². The van der Waals surface area contributed by atoms with Gasteiger partial charge in [-0.25, -0.2) is 4.68 Å². The second kappa shape index (κ2) is 4.49. The summed E-state index contributed by atoms with van der Waals surface area (Å²) >= 11 is 1.58. The first-order chi connectivity index (χ1) is 8.40. The van der Waals surface area contributed by atoms with Crippen LogP contribution in [0.1, 0.15) is 18.7 Å². The molecule has 2 heterocycles. The van der Waals surface area contributed by atoms with E-state index in [-0.39, 0.29) is 6.54 Å². The number of aromatic nitrogens is 4. The average molecular weight is 266 g/mol. The maximum Gasteiger partial charge on any atom is 0.310 e. The molecule has 1 N–H and O–H groups in total. The molecular formula is C11H14N4O2S. The minimum absolute atomic E-state index is 0.238. The van der Waals surface area contributed by atoms with Gasteiger partial charge in [0, 0.05) is 4.88 Å². The fourth-order valence-corrected chi connectivity index (χ4v) is 2.34. The van der Waals surface area contributed by atoms with Crippen LogP contribution >= 0.6 is 11.3 Å². The molecule has 6 nitrogen and oxygen atoms in total. The monoisotopic (exact) mass is 266 g/mol. The van der Waals surface area contributed by atoms with Crippen LogP contribution in [0.25, 0.3) is 10.7 Å². The first-order valence-corrected chi connectivity index (χ1v) is 6.28. The number of nitrogens with zero attached hydrogens (tertiary/aromatic N) is 4. The van der Waals surface area contributed by atoms with Crippen molar-refractivity contribution in [3.63, 3.8) is 0 Å². The van der Waals surface area contributed by atoms with Crippen molar-refractivity contribution in [2.75, 3.05) is 0 Å². The number of aryl methyl sites for hydroxylation is 1. The van der Waals surface area contributed by atoms with Crippen LogP contribution in [0.2, 0.25) is 0 Å². The van der Waals surface area contributed by atoms with Crippen molar-refractivity contribution in [1.82, 2.24) is 20.2 Å². The van der Waals surface area contributed by atoms with Crippen LogP contribution in [0.4, 0.5) is 0 Å². The third kappa shape index (κ3) is 2.40. The first kappa shape index (κ1) is 12.7. The molecule has 0 fully saturated rings. The van der Waals surface area contributed by atoms with Crippen molar-refractivity contribution in [3.05, 3.63) is 17.0 Å². The molecule has 0 radical (unpaired) electrons. The number of aliphatic carboxylic acids is 1. The summed E-state index contributed by atoms with van der Waals surface area (Å²) in [5.74, 6) is -0.256. The van der Waals surface area contributed by atoms with E-state index in [1.165, 1.54) is 0 Å². The summed E-state index contributed by atoms with van der Waals surface area (Å²) in [6, 6.07) is 3.93. The second-order valence-corrected chi connectivity index (χ2v) is 6.05. The molecule has 0 aliphatic heterocycles. The Morgan fingerprint density at radius 2 is 2.22 bits per heavy atom. The van der Waals surface area contributed by atoms with E-state index in [0.29, 0.717) is 5.82 Å². The van der Waals surface area contributed by atoms with Crippen molar-refractivity contribution < 1.29 is 9.90 Å². The zero-order chi connectivity index (χ0) is 13.3. The van der Waals surface area contributed by atoms with Crippen LogP contribution in [-0.2, 0) is 11.3 Å². The first-order valence-electron chi connectivity index (χ1n) is 5.46.